The van der Waals surface area contributed by atoms with Gasteiger partial charge in [-0.25, -0.2) is 0 Å². The molecule has 1 aliphatic heterocycles. The van der Waals surface area contributed by atoms with Gasteiger partial charge < -0.3 is 10.2 Å². The van der Waals surface area contributed by atoms with E-state index in [9.17, 15) is 9.59 Å². The summed E-state index contributed by atoms with van der Waals surface area (Å²) in [6.45, 7) is 2.41. The smallest absolute Gasteiger partial charge is 0.229 e. The first-order chi connectivity index (χ1) is 11.0. The molecule has 0 radical (unpaired) electrons. The van der Waals surface area contributed by atoms with E-state index in [-0.39, 0.29) is 24.2 Å². The van der Waals surface area contributed by atoms with Gasteiger partial charge in [-0.3, -0.25) is 9.59 Å². The molecule has 1 heterocycles. The number of halogens is 1. The molecule has 2 amide bonds. The van der Waals surface area contributed by atoms with Crippen molar-refractivity contribution in [1.29, 1.82) is 0 Å². The number of carbonyl (C=O) groups is 2. The van der Waals surface area contributed by atoms with E-state index < -0.39 is 0 Å². The molecule has 3 rings (SSSR count). The highest BCUT2D eigenvalue weighted by molar-refractivity contribution is 9.10. The fourth-order valence-electron chi connectivity index (χ4n) is 2.66. The molecule has 0 bridgehead atoms. The molecule has 2 aromatic carbocycles. The van der Waals surface area contributed by atoms with Gasteiger partial charge >= 0.3 is 0 Å². The Morgan fingerprint density at radius 1 is 1.22 bits per heavy atom. The van der Waals surface area contributed by atoms with Crippen LogP contribution in [0.2, 0.25) is 0 Å². The first-order valence-electron chi connectivity index (χ1n) is 7.47. The molecule has 0 aliphatic carbocycles. The highest BCUT2D eigenvalue weighted by Gasteiger charge is 2.35. The van der Waals surface area contributed by atoms with Crippen LogP contribution in [0.4, 0.5) is 11.4 Å². The van der Waals surface area contributed by atoms with Crippen LogP contribution in [0.15, 0.2) is 53.0 Å². The summed E-state index contributed by atoms with van der Waals surface area (Å²) in [5.41, 5.74) is 2.68. The van der Waals surface area contributed by atoms with Crippen LogP contribution < -0.4 is 10.2 Å². The average Bonchev–Trinajstić information content (AvgIpc) is 2.94. The zero-order valence-electron chi connectivity index (χ0n) is 12.8. The zero-order valence-corrected chi connectivity index (χ0v) is 14.3. The number of para-hydroxylation sites is 1. The maximum atomic E-state index is 12.4. The molecule has 4 nitrogen and oxygen atoms in total. The highest BCUT2D eigenvalue weighted by Crippen LogP contribution is 2.26. The minimum absolute atomic E-state index is 0.0126. The normalized spacial score (nSPS) is 17.4. The summed E-state index contributed by atoms with van der Waals surface area (Å²) in [7, 11) is 0. The maximum absolute atomic E-state index is 12.4. The Labute approximate surface area is 143 Å². The zero-order chi connectivity index (χ0) is 16.4. The van der Waals surface area contributed by atoms with Crippen molar-refractivity contribution in [3.05, 3.63) is 58.6 Å². The van der Waals surface area contributed by atoms with E-state index in [1.165, 1.54) is 0 Å². The number of aryl methyl sites for hydroxylation is 1. The summed E-state index contributed by atoms with van der Waals surface area (Å²) < 4.78 is 0.948. The summed E-state index contributed by atoms with van der Waals surface area (Å²) in [4.78, 5) is 26.3. The van der Waals surface area contributed by atoms with E-state index in [2.05, 4.69) is 21.2 Å². The van der Waals surface area contributed by atoms with Gasteiger partial charge in [0.2, 0.25) is 11.8 Å². The monoisotopic (exact) mass is 372 g/mol. The van der Waals surface area contributed by atoms with Gasteiger partial charge in [-0.1, -0.05) is 40.2 Å². The number of nitrogens with zero attached hydrogens (tertiary/aromatic N) is 1. The molecule has 0 spiro atoms. The Morgan fingerprint density at radius 2 is 1.96 bits per heavy atom. The van der Waals surface area contributed by atoms with E-state index in [1.807, 2.05) is 55.5 Å². The van der Waals surface area contributed by atoms with Crippen LogP contribution in [0.1, 0.15) is 12.0 Å². The van der Waals surface area contributed by atoms with E-state index in [4.69, 9.17) is 0 Å². The number of amides is 2. The summed E-state index contributed by atoms with van der Waals surface area (Å²) in [5, 5.41) is 2.90. The fraction of sp³-hybridized carbons (Fsp3) is 0.222. The van der Waals surface area contributed by atoms with Crippen LogP contribution in [0.5, 0.6) is 0 Å². The topological polar surface area (TPSA) is 49.4 Å². The predicted molar refractivity (Wildman–Crippen MR) is 94.4 cm³/mol. The Hall–Kier alpha value is -2.14. The van der Waals surface area contributed by atoms with Crippen LogP contribution in [-0.2, 0) is 9.59 Å². The predicted octanol–water partition coefficient (Wildman–Crippen LogP) is 3.75. The molecule has 0 saturated carbocycles. The second kappa shape index (κ2) is 6.54. The lowest BCUT2D eigenvalue weighted by molar-refractivity contribution is -0.122. The highest BCUT2D eigenvalue weighted by atomic mass is 79.9. The van der Waals surface area contributed by atoms with Crippen molar-refractivity contribution < 1.29 is 9.59 Å². The van der Waals surface area contributed by atoms with Gasteiger partial charge in [0.25, 0.3) is 0 Å². The minimum atomic E-state index is -0.331. The SMILES string of the molecule is Cc1ccc(NC(=O)C2CC(=O)N(c3ccccc3)C2)cc1Br. The van der Waals surface area contributed by atoms with Gasteiger partial charge in [-0.2, -0.15) is 0 Å². The second-order valence-electron chi connectivity index (χ2n) is 5.69. The molecule has 1 unspecified atom stereocenters. The van der Waals surface area contributed by atoms with Crippen molar-refractivity contribution in [1.82, 2.24) is 0 Å². The maximum Gasteiger partial charge on any atom is 0.229 e. The third-order valence-corrected chi connectivity index (χ3v) is 4.86. The molecule has 1 aliphatic rings. The molecule has 1 N–H and O–H groups in total. The molecule has 1 atom stereocenters. The average molecular weight is 373 g/mol. The summed E-state index contributed by atoms with van der Waals surface area (Å²) in [6.07, 6.45) is 0.244. The molecule has 118 valence electrons. The number of anilines is 2. The van der Waals surface area contributed by atoms with Crippen molar-refractivity contribution in [2.24, 2.45) is 5.92 Å². The molecule has 2 aromatic rings. The lowest BCUT2D eigenvalue weighted by atomic mass is 10.1. The first kappa shape index (κ1) is 15.7. The molecule has 1 saturated heterocycles. The standard InChI is InChI=1S/C18H17BrN2O2/c1-12-7-8-14(10-16(12)19)20-18(23)13-9-17(22)21(11-13)15-5-3-2-4-6-15/h2-8,10,13H,9,11H2,1H3,(H,20,23). The summed E-state index contributed by atoms with van der Waals surface area (Å²) >= 11 is 3.46. The lowest BCUT2D eigenvalue weighted by Crippen LogP contribution is -2.28. The fourth-order valence-corrected chi connectivity index (χ4v) is 3.03. The molecular formula is C18H17BrN2O2. The van der Waals surface area contributed by atoms with Gasteiger partial charge in [-0.15, -0.1) is 0 Å². The molecule has 23 heavy (non-hydrogen) atoms. The number of hydrogen-bond acceptors (Lipinski definition) is 2. The van der Waals surface area contributed by atoms with Gasteiger partial charge in [0.1, 0.15) is 0 Å². The Bertz CT molecular complexity index is 746. The third kappa shape index (κ3) is 3.45. The van der Waals surface area contributed by atoms with E-state index in [1.54, 1.807) is 4.90 Å². The lowest BCUT2D eigenvalue weighted by Gasteiger charge is -2.16. The van der Waals surface area contributed by atoms with Gasteiger partial charge in [0, 0.05) is 28.8 Å². The summed E-state index contributed by atoms with van der Waals surface area (Å²) in [6, 6.07) is 15.1. The Balaban J connectivity index is 1.69. The van der Waals surface area contributed by atoms with Crippen LogP contribution >= 0.6 is 15.9 Å². The van der Waals surface area contributed by atoms with Crippen molar-refractivity contribution in [2.45, 2.75) is 13.3 Å². The van der Waals surface area contributed by atoms with Crippen molar-refractivity contribution >= 4 is 39.1 Å². The van der Waals surface area contributed by atoms with Crippen LogP contribution in [0, 0.1) is 12.8 Å². The largest absolute Gasteiger partial charge is 0.326 e. The minimum Gasteiger partial charge on any atom is -0.326 e. The number of nitrogens with one attached hydrogen (secondary N) is 1. The number of rotatable bonds is 3. The molecule has 0 aromatic heterocycles. The summed E-state index contributed by atoms with van der Waals surface area (Å²) in [5.74, 6) is -0.461. The quantitative estimate of drug-likeness (QED) is 0.891. The molecule has 5 heteroatoms. The van der Waals surface area contributed by atoms with E-state index in [0.717, 1.165) is 21.4 Å². The number of benzene rings is 2. The van der Waals surface area contributed by atoms with Crippen molar-refractivity contribution in [3.63, 3.8) is 0 Å². The van der Waals surface area contributed by atoms with E-state index in [0.29, 0.717) is 6.54 Å². The second-order valence-corrected chi connectivity index (χ2v) is 6.55. The first-order valence-corrected chi connectivity index (χ1v) is 8.26. The van der Waals surface area contributed by atoms with Crippen LogP contribution in [-0.4, -0.2) is 18.4 Å². The van der Waals surface area contributed by atoms with Crippen molar-refractivity contribution in [3.8, 4) is 0 Å². The van der Waals surface area contributed by atoms with Crippen molar-refractivity contribution in [2.75, 3.05) is 16.8 Å². The Kier molecular flexibility index (Phi) is 4.48. The molecule has 1 fully saturated rings. The van der Waals surface area contributed by atoms with Crippen LogP contribution in [0.3, 0.4) is 0 Å². The third-order valence-electron chi connectivity index (χ3n) is 4.00. The Morgan fingerprint density at radius 3 is 2.65 bits per heavy atom. The van der Waals surface area contributed by atoms with Crippen LogP contribution in [0.25, 0.3) is 0 Å². The van der Waals surface area contributed by atoms with Gasteiger partial charge in [0.15, 0.2) is 0 Å². The van der Waals surface area contributed by atoms with E-state index >= 15 is 0 Å². The molecular weight excluding hydrogens is 356 g/mol. The van der Waals surface area contributed by atoms with Gasteiger partial charge in [-0.05, 0) is 36.8 Å². The van der Waals surface area contributed by atoms with Gasteiger partial charge in [0.05, 0.1) is 5.92 Å². The number of hydrogen-bond donors (Lipinski definition) is 1. The number of carbonyl (C=O) groups excluding carboxylic acids is 2.